The number of aryl methyl sites for hydroxylation is 1. The zero-order chi connectivity index (χ0) is 17.4. The molecule has 1 atom stereocenters. The van der Waals surface area contributed by atoms with Crippen molar-refractivity contribution in [2.75, 3.05) is 25.2 Å². The monoisotopic (exact) mass is 351 g/mol. The molecule has 130 valence electrons. The summed E-state index contributed by atoms with van der Waals surface area (Å²) in [6.45, 7) is -0.176. The van der Waals surface area contributed by atoms with E-state index in [9.17, 15) is 9.90 Å². The molecule has 0 saturated heterocycles. The number of rotatable bonds is 9. The number of nitrogens with one attached hydrogen (secondary N) is 1. The minimum absolute atomic E-state index is 0.0773. The van der Waals surface area contributed by atoms with Crippen molar-refractivity contribution in [1.29, 1.82) is 0 Å². The van der Waals surface area contributed by atoms with Gasteiger partial charge in [0, 0.05) is 5.56 Å². The van der Waals surface area contributed by atoms with Crippen molar-refractivity contribution in [1.82, 2.24) is 25.5 Å². The van der Waals surface area contributed by atoms with E-state index in [1.807, 2.05) is 6.26 Å². The second-order valence-electron chi connectivity index (χ2n) is 5.14. The zero-order valence-corrected chi connectivity index (χ0v) is 14.5. The molecule has 0 unspecified atom stereocenters. The smallest absolute Gasteiger partial charge is 0.258 e. The molecule has 0 aliphatic heterocycles. The molecule has 2 rings (SSSR count). The highest BCUT2D eigenvalue weighted by Gasteiger charge is 2.11. The van der Waals surface area contributed by atoms with Crippen molar-refractivity contribution < 1.29 is 14.6 Å². The lowest BCUT2D eigenvalue weighted by molar-refractivity contribution is -0.124. The van der Waals surface area contributed by atoms with E-state index in [1.54, 1.807) is 43.1 Å². The Balaban J connectivity index is 1.82. The van der Waals surface area contributed by atoms with Crippen LogP contribution in [0.25, 0.3) is 11.4 Å². The fourth-order valence-electron chi connectivity index (χ4n) is 1.99. The summed E-state index contributed by atoms with van der Waals surface area (Å²) in [5, 5.41) is 23.8. The number of nitrogens with zero attached hydrogens (tertiary/aromatic N) is 4. The minimum Gasteiger partial charge on any atom is -0.484 e. The molecule has 2 N–H and O–H groups in total. The van der Waals surface area contributed by atoms with Gasteiger partial charge in [-0.3, -0.25) is 4.79 Å². The van der Waals surface area contributed by atoms with Crippen LogP contribution in [0.2, 0.25) is 0 Å². The lowest BCUT2D eigenvalue weighted by Gasteiger charge is -2.16. The van der Waals surface area contributed by atoms with E-state index in [0.717, 1.165) is 17.7 Å². The first-order valence-corrected chi connectivity index (χ1v) is 8.88. The number of thioether (sulfide) groups is 1. The van der Waals surface area contributed by atoms with Gasteiger partial charge in [-0.25, -0.2) is 0 Å². The molecule has 9 heteroatoms. The van der Waals surface area contributed by atoms with Gasteiger partial charge in [0.25, 0.3) is 5.91 Å². The third-order valence-corrected chi connectivity index (χ3v) is 3.89. The Morgan fingerprint density at radius 2 is 2.17 bits per heavy atom. The number of tetrazole rings is 1. The number of ether oxygens (including phenoxy) is 1. The summed E-state index contributed by atoms with van der Waals surface area (Å²) >= 11 is 1.67. The van der Waals surface area contributed by atoms with E-state index in [4.69, 9.17) is 4.74 Å². The summed E-state index contributed by atoms with van der Waals surface area (Å²) in [4.78, 5) is 13.2. The first-order valence-electron chi connectivity index (χ1n) is 7.48. The van der Waals surface area contributed by atoms with Gasteiger partial charge in [-0.15, -0.1) is 10.2 Å². The summed E-state index contributed by atoms with van der Waals surface area (Å²) in [6, 6.07) is 6.86. The van der Waals surface area contributed by atoms with E-state index in [0.29, 0.717) is 11.6 Å². The van der Waals surface area contributed by atoms with Gasteiger partial charge in [0.15, 0.2) is 6.61 Å². The van der Waals surface area contributed by atoms with Crippen LogP contribution >= 0.6 is 11.8 Å². The Hall–Kier alpha value is -2.13. The van der Waals surface area contributed by atoms with E-state index in [2.05, 4.69) is 20.7 Å². The Morgan fingerprint density at radius 3 is 2.75 bits per heavy atom. The number of amides is 1. The molecule has 1 amide bonds. The van der Waals surface area contributed by atoms with Crippen molar-refractivity contribution in [3.8, 4) is 17.1 Å². The number of aromatic nitrogens is 4. The molecule has 2 aromatic rings. The first kappa shape index (κ1) is 18.2. The van der Waals surface area contributed by atoms with Crippen LogP contribution in [0.3, 0.4) is 0 Å². The third kappa shape index (κ3) is 5.50. The van der Waals surface area contributed by atoms with E-state index in [-0.39, 0.29) is 25.2 Å². The predicted octanol–water partition coefficient (Wildman–Crippen LogP) is 0.486. The van der Waals surface area contributed by atoms with Crippen molar-refractivity contribution >= 4 is 17.7 Å². The number of aliphatic hydroxyl groups excluding tert-OH is 1. The standard InChI is InChI=1S/C15H21N5O3S/c1-20-18-15(17-19-20)11-3-5-13(6-4-11)23-10-14(22)16-12(9-21)7-8-24-2/h3-6,12,21H,7-10H2,1-2H3,(H,16,22)/t12-/m0/s1. The second kappa shape index (κ2) is 9.24. The van der Waals surface area contributed by atoms with Crippen LogP contribution in [0.1, 0.15) is 6.42 Å². The molecule has 0 aliphatic rings. The van der Waals surface area contributed by atoms with Gasteiger partial charge < -0.3 is 15.2 Å². The highest BCUT2D eigenvalue weighted by molar-refractivity contribution is 7.98. The average Bonchev–Trinajstić information content (AvgIpc) is 3.03. The lowest BCUT2D eigenvalue weighted by Crippen LogP contribution is -2.40. The zero-order valence-electron chi connectivity index (χ0n) is 13.7. The minimum atomic E-state index is -0.255. The second-order valence-corrected chi connectivity index (χ2v) is 6.13. The van der Waals surface area contributed by atoms with Gasteiger partial charge in [0.05, 0.1) is 19.7 Å². The fraction of sp³-hybridized carbons (Fsp3) is 0.467. The third-order valence-electron chi connectivity index (χ3n) is 3.25. The summed E-state index contributed by atoms with van der Waals surface area (Å²) < 4.78 is 5.45. The Morgan fingerprint density at radius 1 is 1.42 bits per heavy atom. The average molecular weight is 351 g/mol. The molecule has 0 spiro atoms. The van der Waals surface area contributed by atoms with Gasteiger partial charge in [-0.2, -0.15) is 16.6 Å². The maximum Gasteiger partial charge on any atom is 0.258 e. The summed E-state index contributed by atoms with van der Waals surface area (Å²) in [5.41, 5.74) is 0.817. The van der Waals surface area contributed by atoms with E-state index < -0.39 is 0 Å². The van der Waals surface area contributed by atoms with Crippen LogP contribution in [0, 0.1) is 0 Å². The highest BCUT2D eigenvalue weighted by atomic mass is 32.2. The Labute approximate surface area is 144 Å². The molecule has 1 aromatic carbocycles. The molecule has 0 aliphatic carbocycles. The molecular formula is C15H21N5O3S. The van der Waals surface area contributed by atoms with Crippen LogP contribution in [0.15, 0.2) is 24.3 Å². The summed E-state index contributed by atoms with van der Waals surface area (Å²) in [7, 11) is 1.70. The number of hydrogen-bond donors (Lipinski definition) is 2. The number of carbonyl (C=O) groups is 1. The fourth-order valence-corrected chi connectivity index (χ4v) is 2.51. The predicted molar refractivity (Wildman–Crippen MR) is 91.7 cm³/mol. The number of carbonyl (C=O) groups excluding carboxylic acids is 1. The molecule has 0 saturated carbocycles. The van der Waals surface area contributed by atoms with Gasteiger partial charge in [-0.05, 0) is 47.9 Å². The van der Waals surface area contributed by atoms with Crippen LogP contribution < -0.4 is 10.1 Å². The van der Waals surface area contributed by atoms with Gasteiger partial charge in [0.1, 0.15) is 5.75 Å². The summed E-state index contributed by atoms with van der Waals surface area (Å²) in [6.07, 6.45) is 2.71. The molecule has 0 radical (unpaired) electrons. The number of aliphatic hydroxyl groups is 1. The molecule has 1 heterocycles. The summed E-state index contributed by atoms with van der Waals surface area (Å²) in [5.74, 6) is 1.73. The first-order chi connectivity index (χ1) is 11.6. The quantitative estimate of drug-likeness (QED) is 0.678. The normalized spacial score (nSPS) is 12.0. The van der Waals surface area contributed by atoms with Crippen molar-refractivity contribution in [3.63, 3.8) is 0 Å². The van der Waals surface area contributed by atoms with Crippen LogP contribution in [0.5, 0.6) is 5.75 Å². The maximum absolute atomic E-state index is 11.9. The van der Waals surface area contributed by atoms with Crippen molar-refractivity contribution in [2.24, 2.45) is 7.05 Å². The molecule has 0 bridgehead atoms. The topological polar surface area (TPSA) is 102 Å². The van der Waals surface area contributed by atoms with Gasteiger partial charge in [0.2, 0.25) is 5.82 Å². The largest absolute Gasteiger partial charge is 0.484 e. The molecule has 1 aromatic heterocycles. The lowest BCUT2D eigenvalue weighted by atomic mass is 10.2. The molecule has 8 nitrogen and oxygen atoms in total. The van der Waals surface area contributed by atoms with Crippen LogP contribution in [0.4, 0.5) is 0 Å². The van der Waals surface area contributed by atoms with E-state index in [1.165, 1.54) is 4.80 Å². The van der Waals surface area contributed by atoms with Gasteiger partial charge in [-0.1, -0.05) is 0 Å². The van der Waals surface area contributed by atoms with E-state index >= 15 is 0 Å². The highest BCUT2D eigenvalue weighted by Crippen LogP contribution is 2.18. The van der Waals surface area contributed by atoms with Crippen molar-refractivity contribution in [2.45, 2.75) is 12.5 Å². The molecule has 0 fully saturated rings. The molecular weight excluding hydrogens is 330 g/mol. The number of hydrogen-bond acceptors (Lipinski definition) is 7. The molecule has 24 heavy (non-hydrogen) atoms. The Kier molecular flexibility index (Phi) is 7.01. The van der Waals surface area contributed by atoms with Crippen molar-refractivity contribution in [3.05, 3.63) is 24.3 Å². The van der Waals surface area contributed by atoms with Gasteiger partial charge >= 0.3 is 0 Å². The SMILES string of the molecule is CSCC[C@@H](CO)NC(=O)COc1ccc(-c2nnn(C)n2)cc1. The number of benzene rings is 1. The van der Waals surface area contributed by atoms with Crippen LogP contribution in [-0.2, 0) is 11.8 Å². The Bertz CT molecular complexity index is 647. The van der Waals surface area contributed by atoms with Crippen LogP contribution in [-0.4, -0.2) is 62.5 Å². The maximum atomic E-state index is 11.9.